The van der Waals surface area contributed by atoms with Crippen molar-refractivity contribution in [1.82, 2.24) is 4.98 Å². The van der Waals surface area contributed by atoms with Gasteiger partial charge in [-0.25, -0.2) is 4.98 Å². The van der Waals surface area contributed by atoms with E-state index in [1.807, 2.05) is 19.1 Å². The quantitative estimate of drug-likeness (QED) is 0.901. The molecule has 0 saturated heterocycles. The third-order valence-corrected chi connectivity index (χ3v) is 3.75. The number of hydrogen-bond donors (Lipinski definition) is 1. The lowest BCUT2D eigenvalue weighted by Gasteiger charge is -2.10. The zero-order valence-corrected chi connectivity index (χ0v) is 11.5. The summed E-state index contributed by atoms with van der Waals surface area (Å²) in [6.45, 7) is 2.01. The Bertz CT molecular complexity index is 493. The fraction of sp³-hybridized carbons (Fsp3) is 0.357. The standard InChI is InChI=1S/C14H18N2OS/c1-10-9-18-14(16-10)8-12(15)7-11-3-5-13(17-2)6-4-11/h3-6,9,12H,7-8,15H2,1-2H3. The molecule has 1 heterocycles. The van der Waals surface area contributed by atoms with Gasteiger partial charge in [-0.2, -0.15) is 0 Å². The van der Waals surface area contributed by atoms with Gasteiger partial charge in [0.25, 0.3) is 0 Å². The average Bonchev–Trinajstić information content (AvgIpc) is 2.75. The molecule has 1 unspecified atom stereocenters. The highest BCUT2D eigenvalue weighted by atomic mass is 32.1. The summed E-state index contributed by atoms with van der Waals surface area (Å²) in [4.78, 5) is 4.44. The minimum Gasteiger partial charge on any atom is -0.497 e. The first-order valence-electron chi connectivity index (χ1n) is 5.97. The second kappa shape index (κ2) is 5.98. The number of aryl methyl sites for hydroxylation is 1. The number of nitrogens with two attached hydrogens (primary N) is 1. The zero-order valence-electron chi connectivity index (χ0n) is 10.7. The van der Waals surface area contributed by atoms with E-state index in [1.54, 1.807) is 18.4 Å². The van der Waals surface area contributed by atoms with Crippen LogP contribution in [-0.4, -0.2) is 18.1 Å². The molecule has 18 heavy (non-hydrogen) atoms. The Labute approximate surface area is 112 Å². The molecule has 1 aromatic carbocycles. The summed E-state index contributed by atoms with van der Waals surface area (Å²) in [6, 6.07) is 8.17. The van der Waals surface area contributed by atoms with Crippen molar-refractivity contribution in [3.8, 4) is 5.75 Å². The molecule has 0 aliphatic heterocycles. The van der Waals surface area contributed by atoms with Gasteiger partial charge < -0.3 is 10.5 Å². The smallest absolute Gasteiger partial charge is 0.118 e. The minimum absolute atomic E-state index is 0.115. The summed E-state index contributed by atoms with van der Waals surface area (Å²) in [5.74, 6) is 0.878. The highest BCUT2D eigenvalue weighted by Crippen LogP contribution is 2.15. The van der Waals surface area contributed by atoms with E-state index in [2.05, 4.69) is 22.5 Å². The molecular formula is C14H18N2OS. The molecule has 0 fully saturated rings. The fourth-order valence-electron chi connectivity index (χ4n) is 1.86. The molecule has 0 aliphatic rings. The van der Waals surface area contributed by atoms with Crippen LogP contribution >= 0.6 is 11.3 Å². The third kappa shape index (κ3) is 3.55. The van der Waals surface area contributed by atoms with E-state index in [9.17, 15) is 0 Å². The molecule has 0 aliphatic carbocycles. The topological polar surface area (TPSA) is 48.1 Å². The Morgan fingerprint density at radius 2 is 2.00 bits per heavy atom. The number of nitrogens with zero attached hydrogens (tertiary/aromatic N) is 1. The molecule has 0 radical (unpaired) electrons. The van der Waals surface area contributed by atoms with Crippen LogP contribution in [0, 0.1) is 6.92 Å². The van der Waals surface area contributed by atoms with Gasteiger partial charge in [-0.15, -0.1) is 11.3 Å². The van der Waals surface area contributed by atoms with Gasteiger partial charge in [0.15, 0.2) is 0 Å². The second-order valence-corrected chi connectivity index (χ2v) is 5.34. The number of rotatable bonds is 5. The molecule has 1 atom stereocenters. The third-order valence-electron chi connectivity index (χ3n) is 2.76. The van der Waals surface area contributed by atoms with Gasteiger partial charge in [-0.3, -0.25) is 0 Å². The molecule has 1 aromatic heterocycles. The molecule has 96 valence electrons. The van der Waals surface area contributed by atoms with E-state index in [4.69, 9.17) is 10.5 Å². The van der Waals surface area contributed by atoms with E-state index < -0.39 is 0 Å². The summed E-state index contributed by atoms with van der Waals surface area (Å²) >= 11 is 1.68. The van der Waals surface area contributed by atoms with Crippen LogP contribution in [0.4, 0.5) is 0 Å². The Morgan fingerprint density at radius 1 is 1.28 bits per heavy atom. The van der Waals surface area contributed by atoms with E-state index in [1.165, 1.54) is 5.56 Å². The van der Waals surface area contributed by atoms with E-state index >= 15 is 0 Å². The van der Waals surface area contributed by atoms with Gasteiger partial charge >= 0.3 is 0 Å². The van der Waals surface area contributed by atoms with Gasteiger partial charge in [0.05, 0.1) is 12.1 Å². The molecule has 0 saturated carbocycles. The first-order valence-corrected chi connectivity index (χ1v) is 6.85. The SMILES string of the molecule is COc1ccc(CC(N)Cc2nc(C)cs2)cc1. The summed E-state index contributed by atoms with van der Waals surface area (Å²) in [7, 11) is 1.67. The van der Waals surface area contributed by atoms with E-state index in [0.29, 0.717) is 0 Å². The van der Waals surface area contributed by atoms with Crippen LogP contribution < -0.4 is 10.5 Å². The maximum atomic E-state index is 6.15. The largest absolute Gasteiger partial charge is 0.497 e. The second-order valence-electron chi connectivity index (χ2n) is 4.40. The summed E-state index contributed by atoms with van der Waals surface area (Å²) in [6.07, 6.45) is 1.70. The predicted octanol–water partition coefficient (Wildman–Crippen LogP) is 2.57. The van der Waals surface area contributed by atoms with Crippen LogP contribution in [0.15, 0.2) is 29.6 Å². The van der Waals surface area contributed by atoms with Crippen molar-refractivity contribution in [2.24, 2.45) is 5.73 Å². The van der Waals surface area contributed by atoms with Crippen molar-refractivity contribution >= 4 is 11.3 Å². The lowest BCUT2D eigenvalue weighted by molar-refractivity contribution is 0.414. The van der Waals surface area contributed by atoms with Crippen LogP contribution in [0.2, 0.25) is 0 Å². The normalized spacial score (nSPS) is 12.4. The lowest BCUT2D eigenvalue weighted by atomic mass is 10.0. The van der Waals surface area contributed by atoms with Crippen molar-refractivity contribution < 1.29 is 4.74 Å². The van der Waals surface area contributed by atoms with Crippen LogP contribution in [-0.2, 0) is 12.8 Å². The van der Waals surface area contributed by atoms with Crippen molar-refractivity contribution in [3.63, 3.8) is 0 Å². The first kappa shape index (κ1) is 13.1. The number of benzene rings is 1. The van der Waals surface area contributed by atoms with Gasteiger partial charge in [-0.05, 0) is 31.0 Å². The van der Waals surface area contributed by atoms with Crippen molar-refractivity contribution in [3.05, 3.63) is 45.9 Å². The molecular weight excluding hydrogens is 244 g/mol. The summed E-state index contributed by atoms with van der Waals surface area (Å²) in [5, 5.41) is 3.18. The predicted molar refractivity (Wildman–Crippen MR) is 75.2 cm³/mol. The molecule has 0 amide bonds. The van der Waals surface area contributed by atoms with Crippen LogP contribution in [0.25, 0.3) is 0 Å². The first-order chi connectivity index (χ1) is 8.67. The number of ether oxygens (including phenoxy) is 1. The number of methoxy groups -OCH3 is 1. The molecule has 4 heteroatoms. The summed E-state index contributed by atoms with van der Waals surface area (Å²) < 4.78 is 5.13. The van der Waals surface area contributed by atoms with Crippen molar-refractivity contribution in [2.45, 2.75) is 25.8 Å². The zero-order chi connectivity index (χ0) is 13.0. The lowest BCUT2D eigenvalue weighted by Crippen LogP contribution is -2.25. The van der Waals surface area contributed by atoms with Gasteiger partial charge in [0.1, 0.15) is 5.75 Å². The van der Waals surface area contributed by atoms with Crippen LogP contribution in [0.1, 0.15) is 16.3 Å². The molecule has 2 N–H and O–H groups in total. The molecule has 0 bridgehead atoms. The van der Waals surface area contributed by atoms with Gasteiger partial charge in [-0.1, -0.05) is 12.1 Å². The highest BCUT2D eigenvalue weighted by molar-refractivity contribution is 7.09. The highest BCUT2D eigenvalue weighted by Gasteiger charge is 2.08. The Kier molecular flexibility index (Phi) is 4.33. The Balaban J connectivity index is 1.91. The van der Waals surface area contributed by atoms with Crippen LogP contribution in [0.5, 0.6) is 5.75 Å². The Morgan fingerprint density at radius 3 is 2.56 bits per heavy atom. The minimum atomic E-state index is 0.115. The van der Waals surface area contributed by atoms with Crippen LogP contribution in [0.3, 0.4) is 0 Å². The number of hydrogen-bond acceptors (Lipinski definition) is 4. The molecule has 3 nitrogen and oxygen atoms in total. The van der Waals surface area contributed by atoms with Gasteiger partial charge in [0, 0.05) is 23.5 Å². The monoisotopic (exact) mass is 262 g/mol. The fourth-order valence-corrected chi connectivity index (χ4v) is 2.72. The number of thiazole rings is 1. The van der Waals surface area contributed by atoms with Crippen molar-refractivity contribution in [2.75, 3.05) is 7.11 Å². The molecule has 0 spiro atoms. The van der Waals surface area contributed by atoms with Crippen molar-refractivity contribution in [1.29, 1.82) is 0 Å². The van der Waals surface area contributed by atoms with E-state index in [0.717, 1.165) is 29.3 Å². The average molecular weight is 262 g/mol. The Hall–Kier alpha value is -1.39. The molecule has 2 rings (SSSR count). The van der Waals surface area contributed by atoms with E-state index in [-0.39, 0.29) is 6.04 Å². The maximum absolute atomic E-state index is 6.15. The summed E-state index contributed by atoms with van der Waals surface area (Å²) in [5.41, 5.74) is 8.46. The molecule has 2 aromatic rings. The number of aromatic nitrogens is 1. The maximum Gasteiger partial charge on any atom is 0.118 e. The van der Waals surface area contributed by atoms with Gasteiger partial charge in [0.2, 0.25) is 0 Å².